The Bertz CT molecular complexity index is 1100. The van der Waals surface area contributed by atoms with Crippen LogP contribution in [-0.2, 0) is 20.1 Å². The van der Waals surface area contributed by atoms with E-state index in [-0.39, 0.29) is 20.1 Å². The Balaban J connectivity index is 0.000000152. The molecule has 0 saturated carbocycles. The van der Waals surface area contributed by atoms with E-state index < -0.39 is 0 Å². The molecule has 4 aromatic heterocycles. The molecule has 0 aliphatic rings. The van der Waals surface area contributed by atoms with E-state index in [1.54, 1.807) is 12.4 Å². The molecule has 0 amide bonds. The van der Waals surface area contributed by atoms with Crippen LogP contribution in [0.1, 0.15) is 0 Å². The first-order valence-electron chi connectivity index (χ1n) is 11.6. The molecule has 6 rings (SSSR count). The van der Waals surface area contributed by atoms with E-state index in [2.05, 4.69) is 70.1 Å². The van der Waals surface area contributed by atoms with Crippen molar-refractivity contribution in [3.8, 4) is 33.1 Å². The Morgan fingerprint density at radius 1 is 0.459 bits per heavy atom. The first kappa shape index (κ1) is 28.3. The zero-order chi connectivity index (χ0) is 24.7. The standard InChI is InChI=1S/2C11H8N.C10H8P2.Ir/c2*1-2-6-10(7-3-1)11-8-4-5-9-12-11;1-3-7-11-9(5-1)10-6-2-4-8-12-10;/h2*1-6,8-9H;1-8H;/q2*-1;;/p+2. The van der Waals surface area contributed by atoms with E-state index >= 15 is 0 Å². The minimum Gasteiger partial charge on any atom is -0.305 e. The van der Waals surface area contributed by atoms with Crippen LogP contribution in [0.5, 0.6) is 0 Å². The zero-order valence-electron chi connectivity index (χ0n) is 20.1. The van der Waals surface area contributed by atoms with Crippen molar-refractivity contribution in [3.05, 3.63) is 157 Å². The second-order valence-corrected chi connectivity index (χ2v) is 9.86. The van der Waals surface area contributed by atoms with Crippen molar-refractivity contribution in [1.29, 1.82) is 0 Å². The Kier molecular flexibility index (Phi) is 12.6. The van der Waals surface area contributed by atoms with Gasteiger partial charge in [-0.05, 0) is 47.8 Å². The van der Waals surface area contributed by atoms with E-state index in [4.69, 9.17) is 0 Å². The van der Waals surface area contributed by atoms with Crippen LogP contribution in [0.3, 0.4) is 0 Å². The summed E-state index contributed by atoms with van der Waals surface area (Å²) in [6.45, 7) is 0. The third-order valence-corrected chi connectivity index (χ3v) is 7.47. The molecular weight excluding hydrogens is 667 g/mol. The normalized spacial score (nSPS) is 9.84. The van der Waals surface area contributed by atoms with Crippen LogP contribution in [0.2, 0.25) is 0 Å². The van der Waals surface area contributed by atoms with Gasteiger partial charge >= 0.3 is 0 Å². The molecule has 0 aliphatic carbocycles. The number of nitrogens with zero attached hydrogens (tertiary/aromatic N) is 2. The molecule has 0 fully saturated rings. The molecule has 0 N–H and O–H groups in total. The predicted octanol–water partition coefficient (Wildman–Crippen LogP) is 9.07. The van der Waals surface area contributed by atoms with Crippen LogP contribution in [0.25, 0.3) is 33.1 Å². The van der Waals surface area contributed by atoms with Crippen molar-refractivity contribution < 1.29 is 20.1 Å². The molecule has 0 bridgehead atoms. The fourth-order valence-corrected chi connectivity index (χ4v) is 5.34. The number of pyridine rings is 2. The number of hydrogen-bond acceptors (Lipinski definition) is 2. The van der Waals surface area contributed by atoms with Gasteiger partial charge in [0.15, 0.2) is 10.6 Å². The number of rotatable bonds is 3. The summed E-state index contributed by atoms with van der Waals surface area (Å²) in [5.41, 5.74) is 4.02. The summed E-state index contributed by atoms with van der Waals surface area (Å²) in [5, 5.41) is 2.99. The minimum absolute atomic E-state index is 0. The fourth-order valence-electron chi connectivity index (χ4n) is 3.27. The molecule has 2 unspecified atom stereocenters. The van der Waals surface area contributed by atoms with Crippen LogP contribution in [-0.4, -0.2) is 9.97 Å². The molecule has 5 heteroatoms. The van der Waals surface area contributed by atoms with Crippen molar-refractivity contribution in [1.82, 2.24) is 9.97 Å². The van der Waals surface area contributed by atoms with E-state index in [1.165, 1.54) is 10.6 Å². The van der Waals surface area contributed by atoms with Crippen molar-refractivity contribution in [2.45, 2.75) is 0 Å². The van der Waals surface area contributed by atoms with Gasteiger partial charge in [0.05, 0.1) is 0 Å². The summed E-state index contributed by atoms with van der Waals surface area (Å²) < 4.78 is 0. The van der Waals surface area contributed by atoms with Gasteiger partial charge in [-0.2, -0.15) is 0 Å². The summed E-state index contributed by atoms with van der Waals surface area (Å²) in [6.07, 6.45) is 3.58. The third kappa shape index (κ3) is 9.58. The summed E-state index contributed by atoms with van der Waals surface area (Å²) in [4.78, 5) is 8.44. The molecule has 2 atom stereocenters. The molecule has 183 valence electrons. The van der Waals surface area contributed by atoms with Crippen LogP contribution in [0.15, 0.2) is 145 Å². The number of aromatic nitrogens is 2. The maximum absolute atomic E-state index is 4.22. The zero-order valence-corrected chi connectivity index (χ0v) is 24.5. The van der Waals surface area contributed by atoms with Crippen molar-refractivity contribution in [2.75, 3.05) is 0 Å². The molecule has 0 aliphatic heterocycles. The summed E-state index contributed by atoms with van der Waals surface area (Å²) in [5.74, 6) is 4.47. The Morgan fingerprint density at radius 3 is 1.22 bits per heavy atom. The smallest absolute Gasteiger partial charge is 0.195 e. The van der Waals surface area contributed by atoms with E-state index in [1.807, 2.05) is 84.9 Å². The van der Waals surface area contributed by atoms with Gasteiger partial charge in [0.25, 0.3) is 0 Å². The second kappa shape index (κ2) is 16.4. The van der Waals surface area contributed by atoms with Crippen LogP contribution in [0.4, 0.5) is 0 Å². The summed E-state index contributed by atoms with van der Waals surface area (Å²) >= 11 is 0. The largest absolute Gasteiger partial charge is 0.305 e. The minimum atomic E-state index is 0. The molecule has 37 heavy (non-hydrogen) atoms. The predicted molar refractivity (Wildman–Crippen MR) is 157 cm³/mol. The van der Waals surface area contributed by atoms with E-state index in [9.17, 15) is 0 Å². The third-order valence-electron chi connectivity index (χ3n) is 5.01. The molecular formula is C32H26IrN2P2. The van der Waals surface area contributed by atoms with Crippen molar-refractivity contribution in [3.63, 3.8) is 0 Å². The maximum Gasteiger partial charge on any atom is 0.195 e. The monoisotopic (exact) mass is 693 g/mol. The molecule has 4 heterocycles. The maximum atomic E-state index is 4.22. The van der Waals surface area contributed by atoms with Gasteiger partial charge in [-0.15, -0.1) is 71.8 Å². The quantitative estimate of drug-likeness (QED) is 0.173. The average molecular weight is 693 g/mol. The first-order chi connectivity index (χ1) is 17.9. The number of benzene rings is 2. The van der Waals surface area contributed by atoms with Crippen LogP contribution < -0.4 is 0 Å². The topological polar surface area (TPSA) is 25.8 Å². The average Bonchev–Trinajstić information content (AvgIpc) is 3.01. The fraction of sp³-hybridized carbons (Fsp3) is 0. The Labute approximate surface area is 236 Å². The van der Waals surface area contributed by atoms with Gasteiger partial charge in [-0.1, -0.05) is 36.4 Å². The van der Waals surface area contributed by atoms with E-state index in [0.717, 1.165) is 38.9 Å². The Hall–Kier alpha value is -3.31. The van der Waals surface area contributed by atoms with Crippen LogP contribution >= 0.6 is 16.4 Å². The van der Waals surface area contributed by atoms with Gasteiger partial charge in [-0.25, -0.2) is 0 Å². The van der Waals surface area contributed by atoms with Gasteiger partial charge in [0.2, 0.25) is 0 Å². The molecule has 6 aromatic rings. The molecule has 1 radical (unpaired) electrons. The van der Waals surface area contributed by atoms with Crippen molar-refractivity contribution in [2.24, 2.45) is 0 Å². The molecule has 2 aromatic carbocycles. The second-order valence-electron chi connectivity index (χ2n) is 7.53. The van der Waals surface area contributed by atoms with Gasteiger partial charge < -0.3 is 9.97 Å². The van der Waals surface area contributed by atoms with E-state index in [0.29, 0.717) is 0 Å². The van der Waals surface area contributed by atoms with Crippen molar-refractivity contribution >= 4 is 16.4 Å². The summed E-state index contributed by atoms with van der Waals surface area (Å²) in [6, 6.07) is 46.6. The number of hydrogen-bond donors (Lipinski definition) is 0. The van der Waals surface area contributed by atoms with Gasteiger partial charge in [0, 0.05) is 32.5 Å². The van der Waals surface area contributed by atoms with Crippen LogP contribution in [0, 0.1) is 12.1 Å². The molecule has 0 saturated heterocycles. The molecule has 0 spiro atoms. The SMILES string of the molecule is [Ir].[c-]1ccccc1-c1ccccn1.[c-]1ccccc1-c1ccccn1.c1ccc(-c2cccc[pH+]2)[pH+]c1. The molecule has 2 nitrogen and oxygen atoms in total. The first-order valence-corrected chi connectivity index (χ1v) is 13.8. The van der Waals surface area contributed by atoms with Gasteiger partial charge in [-0.3, -0.25) is 0 Å². The Morgan fingerprint density at radius 2 is 0.892 bits per heavy atom. The van der Waals surface area contributed by atoms with Gasteiger partial charge in [0.1, 0.15) is 28.0 Å². The summed E-state index contributed by atoms with van der Waals surface area (Å²) in [7, 11) is 1.72.